The van der Waals surface area contributed by atoms with E-state index in [1.165, 1.54) is 6.20 Å². The minimum absolute atomic E-state index is 0.323. The van der Waals surface area contributed by atoms with Crippen LogP contribution in [0.25, 0.3) is 0 Å². The second kappa shape index (κ2) is 4.83. The highest BCUT2D eigenvalue weighted by Gasteiger charge is 2.30. The summed E-state index contributed by atoms with van der Waals surface area (Å²) in [5, 5.41) is 0.682. The van der Waals surface area contributed by atoms with Crippen LogP contribution < -0.4 is 4.90 Å². The minimum atomic E-state index is -4.31. The number of rotatable bonds is 3. The predicted molar refractivity (Wildman–Crippen MR) is 56.3 cm³/mol. The summed E-state index contributed by atoms with van der Waals surface area (Å²) in [6.45, 7) is 0.605. The van der Waals surface area contributed by atoms with Gasteiger partial charge in [0.05, 0.1) is 5.56 Å². The molecule has 0 saturated heterocycles. The van der Waals surface area contributed by atoms with Crippen LogP contribution in [0.2, 0.25) is 0 Å². The fourth-order valence-corrected chi connectivity index (χ4v) is 1.58. The predicted octanol–water partition coefficient (Wildman–Crippen LogP) is 2.93. The number of anilines is 1. The van der Waals surface area contributed by atoms with Gasteiger partial charge < -0.3 is 4.90 Å². The summed E-state index contributed by atoms with van der Waals surface area (Å²) in [7, 11) is 1.70. The Hall–Kier alpha value is -0.780. The van der Waals surface area contributed by atoms with Crippen molar-refractivity contribution >= 4 is 21.7 Å². The van der Waals surface area contributed by atoms with E-state index in [2.05, 4.69) is 20.9 Å². The monoisotopic (exact) mass is 282 g/mol. The van der Waals surface area contributed by atoms with E-state index in [0.29, 0.717) is 17.7 Å². The average Bonchev–Trinajstić information content (AvgIpc) is 2.17. The van der Waals surface area contributed by atoms with Crippen molar-refractivity contribution in [1.29, 1.82) is 0 Å². The van der Waals surface area contributed by atoms with Gasteiger partial charge in [-0.05, 0) is 12.1 Å². The standard InChI is InChI=1S/C9H10BrF3N2/c1-15(5-3-10)8-6-7(2-4-14-8)9(11,12)13/h2,4,6H,3,5H2,1H3. The normalized spacial score (nSPS) is 11.5. The maximum Gasteiger partial charge on any atom is 0.416 e. The highest BCUT2D eigenvalue weighted by atomic mass is 79.9. The van der Waals surface area contributed by atoms with Crippen LogP contribution in [0.15, 0.2) is 18.3 Å². The van der Waals surface area contributed by atoms with Gasteiger partial charge in [-0.3, -0.25) is 0 Å². The maximum atomic E-state index is 12.4. The fraction of sp³-hybridized carbons (Fsp3) is 0.444. The number of hydrogen-bond acceptors (Lipinski definition) is 2. The van der Waals surface area contributed by atoms with E-state index in [4.69, 9.17) is 0 Å². The molecule has 0 saturated carbocycles. The molecule has 1 aromatic rings. The smallest absolute Gasteiger partial charge is 0.359 e. The molecule has 1 aromatic heterocycles. The van der Waals surface area contributed by atoms with Crippen molar-refractivity contribution in [2.45, 2.75) is 6.18 Å². The zero-order valence-electron chi connectivity index (χ0n) is 8.05. The van der Waals surface area contributed by atoms with Gasteiger partial charge in [0.2, 0.25) is 0 Å². The molecule has 1 rings (SSSR count). The molecule has 0 unspecified atom stereocenters. The molecule has 0 aliphatic heterocycles. The van der Waals surface area contributed by atoms with Gasteiger partial charge in [0.1, 0.15) is 5.82 Å². The summed E-state index contributed by atoms with van der Waals surface area (Å²) in [6, 6.07) is 2.01. The molecule has 15 heavy (non-hydrogen) atoms. The molecule has 0 amide bonds. The van der Waals surface area contributed by atoms with Crippen molar-refractivity contribution < 1.29 is 13.2 Å². The van der Waals surface area contributed by atoms with Gasteiger partial charge in [-0.1, -0.05) is 15.9 Å². The first-order valence-corrected chi connectivity index (χ1v) is 5.37. The van der Waals surface area contributed by atoms with Gasteiger partial charge in [-0.2, -0.15) is 13.2 Å². The Balaban J connectivity index is 2.92. The van der Waals surface area contributed by atoms with Gasteiger partial charge in [-0.25, -0.2) is 4.98 Å². The van der Waals surface area contributed by atoms with Crippen molar-refractivity contribution in [3.05, 3.63) is 23.9 Å². The van der Waals surface area contributed by atoms with Gasteiger partial charge >= 0.3 is 6.18 Å². The molecule has 84 valence electrons. The summed E-state index contributed by atoms with van der Waals surface area (Å²) in [5.74, 6) is 0.323. The fourth-order valence-electron chi connectivity index (χ4n) is 1.04. The van der Waals surface area contributed by atoms with Crippen LogP contribution in [0.4, 0.5) is 19.0 Å². The second-order valence-corrected chi connectivity index (χ2v) is 3.80. The van der Waals surface area contributed by atoms with Gasteiger partial charge in [0.15, 0.2) is 0 Å². The molecule has 6 heteroatoms. The van der Waals surface area contributed by atoms with Crippen LogP contribution in [0.1, 0.15) is 5.56 Å². The molecule has 0 aliphatic rings. The molecule has 0 bridgehead atoms. The largest absolute Gasteiger partial charge is 0.416 e. The third kappa shape index (κ3) is 3.37. The molecule has 0 atom stereocenters. The average molecular weight is 283 g/mol. The van der Waals surface area contributed by atoms with E-state index in [1.807, 2.05) is 0 Å². The third-order valence-electron chi connectivity index (χ3n) is 1.88. The lowest BCUT2D eigenvalue weighted by molar-refractivity contribution is -0.137. The van der Waals surface area contributed by atoms with Crippen LogP contribution in [0.5, 0.6) is 0 Å². The van der Waals surface area contributed by atoms with Crippen LogP contribution in [-0.2, 0) is 6.18 Å². The number of alkyl halides is 4. The Morgan fingerprint density at radius 3 is 2.67 bits per heavy atom. The Kier molecular flexibility index (Phi) is 3.96. The molecule has 0 N–H and O–H groups in total. The second-order valence-electron chi connectivity index (χ2n) is 3.01. The SMILES string of the molecule is CN(CCBr)c1cc(C(F)(F)F)ccn1. The molecule has 0 radical (unpaired) electrons. The van der Waals surface area contributed by atoms with Crippen LogP contribution >= 0.6 is 15.9 Å². The van der Waals surface area contributed by atoms with E-state index in [0.717, 1.165) is 12.1 Å². The number of nitrogens with zero attached hydrogens (tertiary/aromatic N) is 2. The first kappa shape index (κ1) is 12.3. The van der Waals surface area contributed by atoms with Gasteiger partial charge in [0, 0.05) is 25.1 Å². The molecule has 1 heterocycles. The van der Waals surface area contributed by atoms with Crippen molar-refractivity contribution in [3.8, 4) is 0 Å². The maximum absolute atomic E-state index is 12.4. The van der Waals surface area contributed by atoms with E-state index in [-0.39, 0.29) is 0 Å². The van der Waals surface area contributed by atoms with E-state index in [9.17, 15) is 13.2 Å². The molecule has 2 nitrogen and oxygen atoms in total. The highest BCUT2D eigenvalue weighted by molar-refractivity contribution is 9.09. The molecule has 0 aromatic carbocycles. The minimum Gasteiger partial charge on any atom is -0.359 e. The molecule has 0 aliphatic carbocycles. The van der Waals surface area contributed by atoms with Crippen molar-refractivity contribution in [1.82, 2.24) is 4.98 Å². The Labute approximate surface area is 94.2 Å². The Morgan fingerprint density at radius 1 is 1.47 bits per heavy atom. The lowest BCUT2D eigenvalue weighted by Crippen LogP contribution is -2.21. The molecular weight excluding hydrogens is 273 g/mol. The molecule has 0 spiro atoms. The van der Waals surface area contributed by atoms with E-state index < -0.39 is 11.7 Å². The van der Waals surface area contributed by atoms with E-state index >= 15 is 0 Å². The topological polar surface area (TPSA) is 16.1 Å². The van der Waals surface area contributed by atoms with Crippen molar-refractivity contribution in [3.63, 3.8) is 0 Å². The van der Waals surface area contributed by atoms with Crippen molar-refractivity contribution in [2.24, 2.45) is 0 Å². The van der Waals surface area contributed by atoms with Crippen molar-refractivity contribution in [2.75, 3.05) is 23.8 Å². The third-order valence-corrected chi connectivity index (χ3v) is 2.24. The summed E-state index contributed by atoms with van der Waals surface area (Å²) in [4.78, 5) is 5.53. The van der Waals surface area contributed by atoms with Gasteiger partial charge in [0.25, 0.3) is 0 Å². The molecule has 0 fully saturated rings. The Morgan fingerprint density at radius 2 is 2.13 bits per heavy atom. The van der Waals surface area contributed by atoms with Crippen LogP contribution in [0, 0.1) is 0 Å². The number of hydrogen-bond donors (Lipinski definition) is 0. The zero-order chi connectivity index (χ0) is 11.5. The number of halogens is 4. The summed E-state index contributed by atoms with van der Waals surface area (Å²) >= 11 is 3.21. The van der Waals surface area contributed by atoms with Crippen LogP contribution in [0.3, 0.4) is 0 Å². The first-order valence-electron chi connectivity index (χ1n) is 4.25. The highest BCUT2D eigenvalue weighted by Crippen LogP contribution is 2.30. The Bertz CT molecular complexity index is 327. The lowest BCUT2D eigenvalue weighted by Gasteiger charge is -2.17. The van der Waals surface area contributed by atoms with Gasteiger partial charge in [-0.15, -0.1) is 0 Å². The molecular formula is C9H10BrF3N2. The van der Waals surface area contributed by atoms with E-state index in [1.54, 1.807) is 11.9 Å². The van der Waals surface area contributed by atoms with Crippen LogP contribution in [-0.4, -0.2) is 23.9 Å². The summed E-state index contributed by atoms with van der Waals surface area (Å²) in [5.41, 5.74) is -0.672. The quantitative estimate of drug-likeness (QED) is 0.793. The zero-order valence-corrected chi connectivity index (χ0v) is 9.64. The number of pyridine rings is 1. The summed E-state index contributed by atoms with van der Waals surface area (Å²) < 4.78 is 37.1. The first-order chi connectivity index (χ1) is 6.95. The number of aromatic nitrogens is 1. The lowest BCUT2D eigenvalue weighted by atomic mass is 10.2. The summed E-state index contributed by atoms with van der Waals surface area (Å²) in [6.07, 6.45) is -3.14.